The van der Waals surface area contributed by atoms with Gasteiger partial charge >= 0.3 is 0 Å². The lowest BCUT2D eigenvalue weighted by atomic mass is 10.1. The van der Waals surface area contributed by atoms with Crippen LogP contribution in [0, 0.1) is 0 Å². The van der Waals surface area contributed by atoms with Crippen LogP contribution in [0.5, 0.6) is 0 Å². The van der Waals surface area contributed by atoms with E-state index in [1.807, 2.05) is 6.08 Å². The maximum absolute atomic E-state index is 3.84. The standard InChI is InChI=1S/C10H15Br/c1-4-9(2)6-5-7-10(3)8-11/h4,7H,1-2,5-6,8H2,3H3. The highest BCUT2D eigenvalue weighted by atomic mass is 79.9. The molecule has 0 aliphatic heterocycles. The predicted molar refractivity (Wildman–Crippen MR) is 56.1 cm³/mol. The third kappa shape index (κ3) is 6.11. The molecule has 0 aromatic rings. The molecule has 0 aromatic carbocycles. The third-order valence-electron chi connectivity index (χ3n) is 1.46. The van der Waals surface area contributed by atoms with Crippen molar-refractivity contribution >= 4 is 15.9 Å². The summed E-state index contributed by atoms with van der Waals surface area (Å²) >= 11 is 3.39. The predicted octanol–water partition coefficient (Wildman–Crippen LogP) is 3.85. The minimum atomic E-state index is 0.966. The Morgan fingerprint density at radius 3 is 2.64 bits per heavy atom. The first-order valence-corrected chi connectivity index (χ1v) is 4.84. The highest BCUT2D eigenvalue weighted by Crippen LogP contribution is 2.06. The van der Waals surface area contributed by atoms with Crippen molar-refractivity contribution in [3.63, 3.8) is 0 Å². The zero-order valence-corrected chi connectivity index (χ0v) is 8.65. The van der Waals surface area contributed by atoms with Gasteiger partial charge < -0.3 is 0 Å². The summed E-state index contributed by atoms with van der Waals surface area (Å²) in [4.78, 5) is 0. The number of halogens is 1. The Kier molecular flexibility index (Phi) is 6.24. The molecule has 0 amide bonds. The molecule has 0 saturated heterocycles. The van der Waals surface area contributed by atoms with Crippen LogP contribution in [0.4, 0.5) is 0 Å². The Labute approximate surface area is 77.8 Å². The fourth-order valence-corrected chi connectivity index (χ4v) is 0.889. The van der Waals surface area contributed by atoms with E-state index in [1.165, 1.54) is 5.57 Å². The van der Waals surface area contributed by atoms with Crippen LogP contribution < -0.4 is 0 Å². The summed E-state index contributed by atoms with van der Waals surface area (Å²) in [6, 6.07) is 0. The lowest BCUT2D eigenvalue weighted by molar-refractivity contribution is 1.00. The first-order valence-electron chi connectivity index (χ1n) is 3.72. The quantitative estimate of drug-likeness (QED) is 0.371. The summed E-state index contributed by atoms with van der Waals surface area (Å²) in [6.07, 6.45) is 6.14. The SMILES string of the molecule is C=CC(=C)CCC=C(C)CBr. The van der Waals surface area contributed by atoms with Gasteiger partial charge in [0.15, 0.2) is 0 Å². The highest BCUT2D eigenvalue weighted by Gasteiger charge is 1.87. The molecular formula is C10H15Br. The Balaban J connectivity index is 3.55. The smallest absolute Gasteiger partial charge is 0.0239 e. The van der Waals surface area contributed by atoms with E-state index in [9.17, 15) is 0 Å². The molecule has 11 heavy (non-hydrogen) atoms. The number of hydrogen-bond donors (Lipinski definition) is 0. The molecule has 0 fully saturated rings. The third-order valence-corrected chi connectivity index (χ3v) is 2.34. The number of allylic oxidation sites excluding steroid dienone is 4. The molecule has 0 rings (SSSR count). The highest BCUT2D eigenvalue weighted by molar-refractivity contribution is 9.09. The maximum Gasteiger partial charge on any atom is 0.0239 e. The Hall–Kier alpha value is -0.300. The van der Waals surface area contributed by atoms with Crippen LogP contribution in [-0.4, -0.2) is 5.33 Å². The van der Waals surface area contributed by atoms with Gasteiger partial charge in [0, 0.05) is 5.33 Å². The van der Waals surface area contributed by atoms with Crippen LogP contribution in [0.15, 0.2) is 36.5 Å². The van der Waals surface area contributed by atoms with E-state index in [2.05, 4.69) is 42.1 Å². The van der Waals surface area contributed by atoms with Crippen molar-refractivity contribution in [2.24, 2.45) is 0 Å². The van der Waals surface area contributed by atoms with Gasteiger partial charge in [0.1, 0.15) is 0 Å². The van der Waals surface area contributed by atoms with Crippen molar-refractivity contribution in [3.8, 4) is 0 Å². The van der Waals surface area contributed by atoms with Gasteiger partial charge in [-0.25, -0.2) is 0 Å². The molecule has 0 spiro atoms. The Morgan fingerprint density at radius 1 is 1.55 bits per heavy atom. The Bertz CT molecular complexity index is 166. The van der Waals surface area contributed by atoms with E-state index in [0.29, 0.717) is 0 Å². The molecule has 1 heteroatoms. The zero-order valence-electron chi connectivity index (χ0n) is 7.07. The molecule has 0 saturated carbocycles. The molecule has 0 aliphatic rings. The van der Waals surface area contributed by atoms with Crippen molar-refractivity contribution in [2.75, 3.05) is 5.33 Å². The van der Waals surface area contributed by atoms with E-state index in [4.69, 9.17) is 0 Å². The molecule has 0 aliphatic carbocycles. The first kappa shape index (κ1) is 10.7. The van der Waals surface area contributed by atoms with Crippen LogP contribution >= 0.6 is 15.9 Å². The van der Waals surface area contributed by atoms with Gasteiger partial charge in [-0.3, -0.25) is 0 Å². The van der Waals surface area contributed by atoms with Crippen molar-refractivity contribution in [3.05, 3.63) is 36.5 Å². The van der Waals surface area contributed by atoms with Crippen molar-refractivity contribution < 1.29 is 0 Å². The van der Waals surface area contributed by atoms with E-state index < -0.39 is 0 Å². The average Bonchev–Trinajstić information content (AvgIpc) is 2.04. The van der Waals surface area contributed by atoms with Crippen LogP contribution in [-0.2, 0) is 0 Å². The fraction of sp³-hybridized carbons (Fsp3) is 0.400. The van der Waals surface area contributed by atoms with E-state index in [0.717, 1.165) is 23.7 Å². The first-order chi connectivity index (χ1) is 5.20. The van der Waals surface area contributed by atoms with Crippen LogP contribution in [0.3, 0.4) is 0 Å². The second-order valence-corrected chi connectivity index (χ2v) is 3.15. The zero-order chi connectivity index (χ0) is 8.69. The van der Waals surface area contributed by atoms with Gasteiger partial charge in [0.2, 0.25) is 0 Å². The van der Waals surface area contributed by atoms with Crippen molar-refractivity contribution in [1.82, 2.24) is 0 Å². The summed E-state index contributed by atoms with van der Waals surface area (Å²) in [5, 5.41) is 0.966. The molecular weight excluding hydrogens is 200 g/mol. The molecule has 0 bridgehead atoms. The number of rotatable bonds is 5. The molecule has 0 heterocycles. The molecule has 0 aromatic heterocycles. The summed E-state index contributed by atoms with van der Waals surface area (Å²) in [5.41, 5.74) is 2.49. The van der Waals surface area contributed by atoms with Gasteiger partial charge in [0.05, 0.1) is 0 Å². The minimum absolute atomic E-state index is 0.966. The maximum atomic E-state index is 3.84. The van der Waals surface area contributed by atoms with Crippen LogP contribution in [0.1, 0.15) is 19.8 Å². The average molecular weight is 215 g/mol. The molecule has 0 atom stereocenters. The normalized spacial score (nSPS) is 11.3. The van der Waals surface area contributed by atoms with E-state index in [-0.39, 0.29) is 0 Å². The number of hydrogen-bond acceptors (Lipinski definition) is 0. The summed E-state index contributed by atoms with van der Waals surface area (Å²) in [5.74, 6) is 0. The van der Waals surface area contributed by atoms with Crippen molar-refractivity contribution in [1.29, 1.82) is 0 Å². The van der Waals surface area contributed by atoms with Gasteiger partial charge in [-0.2, -0.15) is 0 Å². The lowest BCUT2D eigenvalue weighted by Gasteiger charge is -1.96. The second kappa shape index (κ2) is 6.41. The van der Waals surface area contributed by atoms with Crippen LogP contribution in [0.2, 0.25) is 0 Å². The second-order valence-electron chi connectivity index (χ2n) is 2.59. The van der Waals surface area contributed by atoms with Crippen molar-refractivity contribution in [2.45, 2.75) is 19.8 Å². The topological polar surface area (TPSA) is 0 Å². The molecule has 62 valence electrons. The van der Waals surface area contributed by atoms with Gasteiger partial charge in [-0.05, 0) is 19.8 Å². The summed E-state index contributed by atoms with van der Waals surface area (Å²) in [7, 11) is 0. The molecule has 0 unspecified atom stereocenters. The molecule has 0 nitrogen and oxygen atoms in total. The van der Waals surface area contributed by atoms with E-state index >= 15 is 0 Å². The van der Waals surface area contributed by atoms with Gasteiger partial charge in [-0.1, -0.05) is 52.4 Å². The molecule has 0 radical (unpaired) electrons. The Morgan fingerprint density at radius 2 is 2.18 bits per heavy atom. The fourth-order valence-electron chi connectivity index (χ4n) is 0.661. The number of alkyl halides is 1. The van der Waals surface area contributed by atoms with Gasteiger partial charge in [-0.15, -0.1) is 0 Å². The van der Waals surface area contributed by atoms with Gasteiger partial charge in [0.25, 0.3) is 0 Å². The largest absolute Gasteiger partial charge is 0.0988 e. The summed E-state index contributed by atoms with van der Waals surface area (Å²) in [6.45, 7) is 9.60. The monoisotopic (exact) mass is 214 g/mol. The van der Waals surface area contributed by atoms with Crippen LogP contribution in [0.25, 0.3) is 0 Å². The molecule has 0 N–H and O–H groups in total. The summed E-state index contributed by atoms with van der Waals surface area (Å²) < 4.78 is 0. The minimum Gasteiger partial charge on any atom is -0.0988 e. The lowest BCUT2D eigenvalue weighted by Crippen LogP contribution is -1.78. The van der Waals surface area contributed by atoms with E-state index in [1.54, 1.807) is 0 Å².